The quantitative estimate of drug-likeness (QED) is 0.886. The Hall–Kier alpha value is -2.50. The molecular formula is C20H25N3O3. The lowest BCUT2D eigenvalue weighted by Crippen LogP contribution is -2.55. The average Bonchev–Trinajstić information content (AvgIpc) is 2.68. The molecule has 2 saturated heterocycles. The number of carboxylic acid groups (broad SMARTS) is 1. The van der Waals surface area contributed by atoms with E-state index in [0.29, 0.717) is 19.5 Å². The van der Waals surface area contributed by atoms with Crippen LogP contribution in [0.5, 0.6) is 0 Å². The molecule has 26 heavy (non-hydrogen) atoms. The third-order valence-corrected chi connectivity index (χ3v) is 5.79. The van der Waals surface area contributed by atoms with Gasteiger partial charge in [0.25, 0.3) is 5.91 Å². The van der Waals surface area contributed by atoms with Crippen LogP contribution in [0.15, 0.2) is 36.4 Å². The zero-order valence-corrected chi connectivity index (χ0v) is 14.9. The number of benzene rings is 1. The zero-order chi connectivity index (χ0) is 18.1. The van der Waals surface area contributed by atoms with Crippen LogP contribution in [0.3, 0.4) is 0 Å². The molecule has 6 nitrogen and oxygen atoms in total. The minimum Gasteiger partial charge on any atom is -0.465 e. The zero-order valence-electron chi connectivity index (χ0n) is 14.9. The number of likely N-dealkylation sites (tertiary alicyclic amines) is 1. The van der Waals surface area contributed by atoms with Crippen LogP contribution in [-0.4, -0.2) is 54.2 Å². The summed E-state index contributed by atoms with van der Waals surface area (Å²) in [6, 6.07) is 8.30. The predicted molar refractivity (Wildman–Crippen MR) is 101 cm³/mol. The van der Waals surface area contributed by atoms with Crippen LogP contribution in [0.25, 0.3) is 0 Å². The number of anilines is 2. The molecule has 138 valence electrons. The first-order chi connectivity index (χ1) is 12.6. The Labute approximate surface area is 153 Å². The molecule has 2 unspecified atom stereocenters. The van der Waals surface area contributed by atoms with Gasteiger partial charge >= 0.3 is 6.09 Å². The summed E-state index contributed by atoms with van der Waals surface area (Å²) in [7, 11) is 0. The van der Waals surface area contributed by atoms with Crippen molar-refractivity contribution in [1.29, 1.82) is 0 Å². The lowest BCUT2D eigenvalue weighted by Gasteiger charge is -2.44. The molecule has 1 aromatic carbocycles. The van der Waals surface area contributed by atoms with E-state index in [-0.39, 0.29) is 17.9 Å². The van der Waals surface area contributed by atoms with Gasteiger partial charge in [0.15, 0.2) is 0 Å². The summed E-state index contributed by atoms with van der Waals surface area (Å²) in [6.45, 7) is 3.12. The molecule has 2 amide bonds. The summed E-state index contributed by atoms with van der Waals surface area (Å²) < 4.78 is 0. The van der Waals surface area contributed by atoms with Gasteiger partial charge in [0.2, 0.25) is 0 Å². The van der Waals surface area contributed by atoms with E-state index in [9.17, 15) is 14.7 Å². The van der Waals surface area contributed by atoms with Gasteiger partial charge in [-0.1, -0.05) is 6.08 Å². The van der Waals surface area contributed by atoms with E-state index in [0.717, 1.165) is 18.8 Å². The molecule has 0 bridgehead atoms. The van der Waals surface area contributed by atoms with Crippen LogP contribution in [0.2, 0.25) is 0 Å². The lowest BCUT2D eigenvalue weighted by atomic mass is 9.87. The Morgan fingerprint density at radius 2 is 1.69 bits per heavy atom. The molecule has 1 N–H and O–H groups in total. The molecule has 0 spiro atoms. The molecule has 2 atom stereocenters. The predicted octanol–water partition coefficient (Wildman–Crippen LogP) is 2.95. The van der Waals surface area contributed by atoms with Crippen molar-refractivity contribution in [3.63, 3.8) is 0 Å². The van der Waals surface area contributed by atoms with Crippen LogP contribution in [0.4, 0.5) is 16.2 Å². The van der Waals surface area contributed by atoms with Gasteiger partial charge in [-0.25, -0.2) is 4.79 Å². The Bertz CT molecular complexity index is 710. The molecule has 2 fully saturated rings. The van der Waals surface area contributed by atoms with Crippen LogP contribution >= 0.6 is 0 Å². The van der Waals surface area contributed by atoms with Gasteiger partial charge in [-0.15, -0.1) is 0 Å². The van der Waals surface area contributed by atoms with E-state index in [1.807, 2.05) is 23.1 Å². The maximum atomic E-state index is 12.6. The molecule has 3 aliphatic heterocycles. The minimum absolute atomic E-state index is 0.0132. The minimum atomic E-state index is -0.883. The first-order valence-electron chi connectivity index (χ1n) is 9.48. The second-order valence-electron chi connectivity index (χ2n) is 7.38. The van der Waals surface area contributed by atoms with E-state index >= 15 is 0 Å². The Morgan fingerprint density at radius 3 is 2.38 bits per heavy atom. The van der Waals surface area contributed by atoms with Crippen LogP contribution < -0.4 is 9.80 Å². The summed E-state index contributed by atoms with van der Waals surface area (Å²) >= 11 is 0. The Balaban J connectivity index is 1.53. The number of hydrogen-bond acceptors (Lipinski definition) is 3. The molecule has 0 aliphatic carbocycles. The van der Waals surface area contributed by atoms with E-state index in [2.05, 4.69) is 17.0 Å². The number of amides is 2. The van der Waals surface area contributed by atoms with Crippen molar-refractivity contribution in [2.75, 3.05) is 36.0 Å². The highest BCUT2D eigenvalue weighted by molar-refractivity contribution is 6.03. The van der Waals surface area contributed by atoms with Gasteiger partial charge in [0.1, 0.15) is 0 Å². The summed E-state index contributed by atoms with van der Waals surface area (Å²) in [6.07, 6.45) is 7.03. The third kappa shape index (κ3) is 3.16. The average molecular weight is 355 g/mol. The van der Waals surface area contributed by atoms with Gasteiger partial charge in [0, 0.05) is 49.5 Å². The fourth-order valence-corrected chi connectivity index (χ4v) is 4.40. The Kier molecular flexibility index (Phi) is 4.57. The number of carbonyl (C=O) groups is 2. The molecule has 3 heterocycles. The van der Waals surface area contributed by atoms with Gasteiger partial charge in [-0.05, 0) is 56.0 Å². The number of hydrogen-bond donors (Lipinski definition) is 1. The summed E-state index contributed by atoms with van der Waals surface area (Å²) in [5.74, 6) is 0.0417. The highest BCUT2D eigenvalue weighted by Crippen LogP contribution is 2.33. The second-order valence-corrected chi connectivity index (χ2v) is 7.38. The van der Waals surface area contributed by atoms with Crippen molar-refractivity contribution < 1.29 is 14.7 Å². The number of nitrogens with zero attached hydrogens (tertiary/aromatic N) is 3. The smallest absolute Gasteiger partial charge is 0.407 e. The normalized spacial score (nSPS) is 26.0. The number of fused-ring (bicyclic) bond motifs is 1. The summed E-state index contributed by atoms with van der Waals surface area (Å²) in [4.78, 5) is 29.5. The van der Waals surface area contributed by atoms with Crippen molar-refractivity contribution in [1.82, 2.24) is 4.90 Å². The molecular weight excluding hydrogens is 330 g/mol. The van der Waals surface area contributed by atoms with Gasteiger partial charge in [0.05, 0.1) is 0 Å². The molecule has 4 rings (SSSR count). The van der Waals surface area contributed by atoms with Crippen molar-refractivity contribution >= 4 is 23.4 Å². The number of piperidine rings is 2. The first kappa shape index (κ1) is 16.9. The monoisotopic (exact) mass is 355 g/mol. The fraction of sp³-hybridized carbons (Fsp3) is 0.500. The van der Waals surface area contributed by atoms with Crippen LogP contribution in [0, 0.1) is 5.92 Å². The largest absolute Gasteiger partial charge is 0.465 e. The maximum Gasteiger partial charge on any atom is 0.407 e. The lowest BCUT2D eigenvalue weighted by molar-refractivity contribution is -0.115. The first-order valence-corrected chi connectivity index (χ1v) is 9.48. The van der Waals surface area contributed by atoms with Crippen LogP contribution in [-0.2, 0) is 4.79 Å². The number of rotatable bonds is 2. The highest BCUT2D eigenvalue weighted by Gasteiger charge is 2.38. The van der Waals surface area contributed by atoms with Gasteiger partial charge in [-0.3, -0.25) is 4.79 Å². The van der Waals surface area contributed by atoms with E-state index < -0.39 is 6.09 Å². The Morgan fingerprint density at radius 1 is 1.00 bits per heavy atom. The molecule has 0 saturated carbocycles. The second kappa shape index (κ2) is 7.02. The number of carbonyl (C=O) groups excluding carboxylic acids is 1. The van der Waals surface area contributed by atoms with E-state index in [4.69, 9.17) is 0 Å². The molecule has 0 aromatic heterocycles. The summed E-state index contributed by atoms with van der Waals surface area (Å²) in [5, 5.41) is 9.23. The molecule has 6 heteroatoms. The van der Waals surface area contributed by atoms with Crippen LogP contribution in [0.1, 0.15) is 25.7 Å². The third-order valence-electron chi connectivity index (χ3n) is 5.79. The maximum absolute atomic E-state index is 12.6. The standard InChI is InChI=1S/C20H25N3O3/c24-19-9-4-15-14-22(20(25)26)13-10-18(15)23(19)17-7-5-16(6-8-17)21-11-2-1-3-12-21/h4-9,15,18H,1-3,10-14H2,(H,25,26). The van der Waals surface area contributed by atoms with Crippen molar-refractivity contribution in [2.24, 2.45) is 5.92 Å². The van der Waals surface area contributed by atoms with Crippen molar-refractivity contribution in [3.05, 3.63) is 36.4 Å². The van der Waals surface area contributed by atoms with Gasteiger partial charge < -0.3 is 19.8 Å². The molecule has 1 aromatic rings. The van der Waals surface area contributed by atoms with Crippen molar-refractivity contribution in [2.45, 2.75) is 31.7 Å². The molecule has 3 aliphatic rings. The SMILES string of the molecule is O=C(O)N1CCC2C(C=CC(=O)N2c2ccc(N3CCCCC3)cc2)C1. The topological polar surface area (TPSA) is 64.1 Å². The highest BCUT2D eigenvalue weighted by atomic mass is 16.4. The van der Waals surface area contributed by atoms with E-state index in [1.165, 1.54) is 29.8 Å². The van der Waals surface area contributed by atoms with Crippen molar-refractivity contribution in [3.8, 4) is 0 Å². The fourth-order valence-electron chi connectivity index (χ4n) is 4.40. The van der Waals surface area contributed by atoms with Gasteiger partial charge in [-0.2, -0.15) is 0 Å². The molecule has 0 radical (unpaired) electrons. The van der Waals surface area contributed by atoms with E-state index in [1.54, 1.807) is 6.08 Å². The summed E-state index contributed by atoms with van der Waals surface area (Å²) in [5.41, 5.74) is 2.12.